The Hall–Kier alpha value is -1.17. The Morgan fingerprint density at radius 2 is 1.90 bits per heavy atom. The zero-order chi connectivity index (χ0) is 14.9. The van der Waals surface area contributed by atoms with Crippen molar-refractivity contribution in [2.24, 2.45) is 5.84 Å². The number of nitrogens with zero attached hydrogens (tertiary/aromatic N) is 2. The third-order valence-corrected chi connectivity index (χ3v) is 5.31. The Morgan fingerprint density at radius 1 is 1.24 bits per heavy atom. The molecule has 1 saturated heterocycles. The molecule has 116 valence electrons. The molecule has 0 radical (unpaired) electrons. The summed E-state index contributed by atoms with van der Waals surface area (Å²) in [6.45, 7) is 4.41. The fourth-order valence-corrected chi connectivity index (χ4v) is 4.31. The average molecular weight is 289 g/mol. The van der Waals surface area contributed by atoms with Crippen molar-refractivity contribution < 1.29 is 0 Å². The molecule has 1 aliphatic heterocycles. The van der Waals surface area contributed by atoms with Gasteiger partial charge in [-0.05, 0) is 57.3 Å². The first-order chi connectivity index (χ1) is 10.2. The highest BCUT2D eigenvalue weighted by Gasteiger charge is 2.47. The minimum Gasteiger partial charge on any atom is -0.383 e. The number of nitrogen functional groups attached to an aromatic ring is 1. The van der Waals surface area contributed by atoms with Gasteiger partial charge in [0.25, 0.3) is 0 Å². The Morgan fingerprint density at radius 3 is 2.52 bits per heavy atom. The maximum absolute atomic E-state index is 6.17. The van der Waals surface area contributed by atoms with E-state index >= 15 is 0 Å². The molecule has 21 heavy (non-hydrogen) atoms. The van der Waals surface area contributed by atoms with Gasteiger partial charge in [-0.25, -0.2) is 4.98 Å². The van der Waals surface area contributed by atoms with Crippen LogP contribution in [-0.2, 0) is 0 Å². The van der Waals surface area contributed by atoms with Crippen molar-refractivity contribution in [1.82, 2.24) is 15.3 Å². The van der Waals surface area contributed by atoms with Crippen LogP contribution < -0.4 is 17.0 Å². The van der Waals surface area contributed by atoms with Gasteiger partial charge in [0.05, 0.1) is 6.04 Å². The number of nitrogens with one attached hydrogen (secondary N) is 1. The summed E-state index contributed by atoms with van der Waals surface area (Å²) in [4.78, 5) is 6.99. The number of aryl methyl sites for hydroxylation is 1. The van der Waals surface area contributed by atoms with E-state index in [9.17, 15) is 0 Å². The molecule has 5 heteroatoms. The number of anilines is 1. The zero-order valence-electron chi connectivity index (χ0n) is 12.9. The maximum atomic E-state index is 6.17. The molecule has 0 spiro atoms. The minimum atomic E-state index is 0.0606. The van der Waals surface area contributed by atoms with E-state index in [1.807, 2.05) is 6.20 Å². The van der Waals surface area contributed by atoms with Crippen LogP contribution in [0.15, 0.2) is 12.3 Å². The molecule has 1 saturated carbocycles. The van der Waals surface area contributed by atoms with Crippen LogP contribution in [0.25, 0.3) is 0 Å². The van der Waals surface area contributed by atoms with E-state index in [1.54, 1.807) is 0 Å². The number of pyridine rings is 1. The summed E-state index contributed by atoms with van der Waals surface area (Å²) < 4.78 is 0. The Kier molecular flexibility index (Phi) is 4.15. The van der Waals surface area contributed by atoms with Crippen molar-refractivity contribution in [3.8, 4) is 0 Å². The second-order valence-corrected chi connectivity index (χ2v) is 6.59. The van der Waals surface area contributed by atoms with Crippen LogP contribution in [0.5, 0.6) is 0 Å². The summed E-state index contributed by atoms with van der Waals surface area (Å²) in [7, 11) is 0. The SMILES string of the molecule is Cc1cnc(N)c(C(NN)C2(N3CCCC3)CCCC2)c1. The van der Waals surface area contributed by atoms with Gasteiger partial charge >= 0.3 is 0 Å². The predicted octanol–water partition coefficient (Wildman–Crippen LogP) is 1.89. The molecule has 1 unspecified atom stereocenters. The van der Waals surface area contributed by atoms with Gasteiger partial charge in [0.1, 0.15) is 5.82 Å². The van der Waals surface area contributed by atoms with Gasteiger partial charge in [-0.2, -0.15) is 0 Å². The molecule has 5 N–H and O–H groups in total. The third kappa shape index (κ3) is 2.54. The Labute approximate surface area is 127 Å². The molecule has 3 rings (SSSR count). The van der Waals surface area contributed by atoms with Crippen LogP contribution in [0, 0.1) is 6.92 Å². The summed E-state index contributed by atoms with van der Waals surface area (Å²) >= 11 is 0. The second kappa shape index (κ2) is 5.91. The fourth-order valence-electron chi connectivity index (χ4n) is 4.31. The first-order valence-corrected chi connectivity index (χ1v) is 8.10. The largest absolute Gasteiger partial charge is 0.383 e. The maximum Gasteiger partial charge on any atom is 0.128 e. The van der Waals surface area contributed by atoms with E-state index in [1.165, 1.54) is 51.6 Å². The highest BCUT2D eigenvalue weighted by molar-refractivity contribution is 5.44. The number of rotatable bonds is 4. The standard InChI is InChI=1S/C16H27N5/c1-12-10-13(15(17)19-11-12)14(20-18)16(6-2-3-7-16)21-8-4-5-9-21/h10-11,14,20H,2-9,18H2,1H3,(H2,17,19). The molecule has 1 aromatic heterocycles. The predicted molar refractivity (Wildman–Crippen MR) is 85.5 cm³/mol. The number of hydrazine groups is 1. The van der Waals surface area contributed by atoms with Crippen molar-refractivity contribution in [1.29, 1.82) is 0 Å². The number of hydrogen-bond donors (Lipinski definition) is 3. The van der Waals surface area contributed by atoms with E-state index < -0.39 is 0 Å². The van der Waals surface area contributed by atoms with Gasteiger partial charge < -0.3 is 5.73 Å². The highest BCUT2D eigenvalue weighted by atomic mass is 15.3. The lowest BCUT2D eigenvalue weighted by Gasteiger charge is -2.45. The molecule has 2 aliphatic rings. The summed E-state index contributed by atoms with van der Waals surface area (Å²) in [5.41, 5.74) is 11.6. The lowest BCUT2D eigenvalue weighted by atomic mass is 9.82. The molecule has 1 aliphatic carbocycles. The summed E-state index contributed by atoms with van der Waals surface area (Å²) in [5.74, 6) is 6.60. The normalized spacial score (nSPS) is 23.5. The van der Waals surface area contributed by atoms with Crippen LogP contribution in [0.1, 0.15) is 55.7 Å². The van der Waals surface area contributed by atoms with E-state index in [-0.39, 0.29) is 11.6 Å². The van der Waals surface area contributed by atoms with Gasteiger partial charge in [-0.1, -0.05) is 12.8 Å². The molecule has 2 fully saturated rings. The summed E-state index contributed by atoms with van der Waals surface area (Å²) in [5, 5.41) is 0. The van der Waals surface area contributed by atoms with Crippen LogP contribution in [0.2, 0.25) is 0 Å². The summed E-state index contributed by atoms with van der Waals surface area (Å²) in [6.07, 6.45) is 9.33. The molecular weight excluding hydrogens is 262 g/mol. The number of aromatic nitrogens is 1. The third-order valence-electron chi connectivity index (χ3n) is 5.31. The molecule has 5 nitrogen and oxygen atoms in total. The van der Waals surface area contributed by atoms with Crippen LogP contribution >= 0.6 is 0 Å². The van der Waals surface area contributed by atoms with Crippen LogP contribution in [0.3, 0.4) is 0 Å². The number of hydrogen-bond acceptors (Lipinski definition) is 5. The first-order valence-electron chi connectivity index (χ1n) is 8.10. The van der Waals surface area contributed by atoms with Gasteiger partial charge in [-0.15, -0.1) is 0 Å². The molecule has 0 bridgehead atoms. The van der Waals surface area contributed by atoms with Crippen molar-refractivity contribution in [2.75, 3.05) is 18.8 Å². The van der Waals surface area contributed by atoms with Crippen LogP contribution in [0.4, 0.5) is 5.82 Å². The molecule has 0 amide bonds. The topological polar surface area (TPSA) is 80.2 Å². The highest BCUT2D eigenvalue weighted by Crippen LogP contribution is 2.46. The lowest BCUT2D eigenvalue weighted by Crippen LogP contribution is -2.55. The van der Waals surface area contributed by atoms with Crippen molar-refractivity contribution in [2.45, 2.75) is 57.0 Å². The van der Waals surface area contributed by atoms with E-state index in [0.717, 1.165) is 11.1 Å². The monoisotopic (exact) mass is 289 g/mol. The van der Waals surface area contributed by atoms with Crippen molar-refractivity contribution >= 4 is 5.82 Å². The second-order valence-electron chi connectivity index (χ2n) is 6.59. The van der Waals surface area contributed by atoms with E-state index in [0.29, 0.717) is 5.82 Å². The Bertz CT molecular complexity index is 489. The van der Waals surface area contributed by atoms with E-state index in [4.69, 9.17) is 11.6 Å². The molecule has 2 heterocycles. The molecule has 1 aromatic rings. The van der Waals surface area contributed by atoms with Crippen molar-refractivity contribution in [3.05, 3.63) is 23.4 Å². The first kappa shape index (κ1) is 14.8. The summed E-state index contributed by atoms with van der Waals surface area (Å²) in [6, 6.07) is 2.20. The van der Waals surface area contributed by atoms with Gasteiger partial charge in [-0.3, -0.25) is 16.2 Å². The number of nitrogens with two attached hydrogens (primary N) is 2. The zero-order valence-corrected chi connectivity index (χ0v) is 12.9. The molecule has 0 aromatic carbocycles. The van der Waals surface area contributed by atoms with Gasteiger partial charge in [0.15, 0.2) is 0 Å². The fraction of sp³-hybridized carbons (Fsp3) is 0.688. The quantitative estimate of drug-likeness (QED) is 0.582. The number of likely N-dealkylation sites (tertiary alicyclic amines) is 1. The van der Waals surface area contributed by atoms with Crippen LogP contribution in [-0.4, -0.2) is 28.5 Å². The van der Waals surface area contributed by atoms with Gasteiger partial charge in [0, 0.05) is 17.3 Å². The van der Waals surface area contributed by atoms with E-state index in [2.05, 4.69) is 28.3 Å². The van der Waals surface area contributed by atoms with Gasteiger partial charge in [0.2, 0.25) is 0 Å². The minimum absolute atomic E-state index is 0.0606. The van der Waals surface area contributed by atoms with Crippen molar-refractivity contribution in [3.63, 3.8) is 0 Å². The molecular formula is C16H27N5. The average Bonchev–Trinajstić information content (AvgIpc) is 3.14. The molecule has 1 atom stereocenters. The Balaban J connectivity index is 2.01. The lowest BCUT2D eigenvalue weighted by molar-refractivity contribution is 0.0766. The smallest absolute Gasteiger partial charge is 0.128 e.